The van der Waals surface area contributed by atoms with Gasteiger partial charge in [-0.1, -0.05) is 43.4 Å². The highest BCUT2D eigenvalue weighted by atomic mass is 32.1. The van der Waals surface area contributed by atoms with Crippen molar-refractivity contribution in [3.8, 4) is 0 Å². The van der Waals surface area contributed by atoms with Crippen molar-refractivity contribution in [2.75, 3.05) is 11.9 Å². The first-order valence-electron chi connectivity index (χ1n) is 9.62. The van der Waals surface area contributed by atoms with Crippen LogP contribution in [0.4, 0.5) is 10.8 Å². The molecule has 0 spiro atoms. The number of aromatic nitrogens is 1. The number of nitro groups is 1. The second-order valence-corrected chi connectivity index (χ2v) is 8.18. The molecule has 32 heavy (non-hydrogen) atoms. The number of carbonyl (C=O) groups is 3. The number of rotatable bonds is 8. The lowest BCUT2D eigenvalue weighted by Gasteiger charge is -2.20. The summed E-state index contributed by atoms with van der Waals surface area (Å²) >= 11 is 1.06. The zero-order valence-electron chi connectivity index (χ0n) is 17.2. The number of non-ortho nitro benzene ring substituents is 1. The lowest BCUT2D eigenvalue weighted by molar-refractivity contribution is -0.384. The number of nitrogens with zero attached hydrogens (tertiary/aromatic N) is 2. The van der Waals surface area contributed by atoms with Crippen LogP contribution in [0.2, 0.25) is 0 Å². The van der Waals surface area contributed by atoms with Gasteiger partial charge in [0.05, 0.1) is 15.1 Å². The largest absolute Gasteiger partial charge is 0.454 e. The highest BCUT2D eigenvalue weighted by Crippen LogP contribution is 2.29. The first-order valence-corrected chi connectivity index (χ1v) is 10.4. The zero-order valence-corrected chi connectivity index (χ0v) is 18.0. The van der Waals surface area contributed by atoms with Gasteiger partial charge in [-0.2, -0.15) is 0 Å². The Kier molecular flexibility index (Phi) is 7.11. The maximum atomic E-state index is 12.5. The van der Waals surface area contributed by atoms with Crippen LogP contribution in [0, 0.1) is 16.0 Å². The summed E-state index contributed by atoms with van der Waals surface area (Å²) in [6.45, 7) is 2.93. The molecule has 0 saturated carbocycles. The Bertz CT molecular complexity index is 1160. The third-order valence-corrected chi connectivity index (χ3v) is 5.35. The lowest BCUT2D eigenvalue weighted by atomic mass is 10.0. The van der Waals surface area contributed by atoms with Gasteiger partial charge in [-0.15, -0.1) is 0 Å². The third kappa shape index (κ3) is 5.64. The first-order chi connectivity index (χ1) is 15.2. The van der Waals surface area contributed by atoms with Crippen LogP contribution < -0.4 is 10.6 Å². The Hall–Kier alpha value is -3.86. The lowest BCUT2D eigenvalue weighted by Crippen LogP contribution is -2.45. The van der Waals surface area contributed by atoms with E-state index in [0.717, 1.165) is 11.3 Å². The van der Waals surface area contributed by atoms with E-state index in [2.05, 4.69) is 15.6 Å². The van der Waals surface area contributed by atoms with Crippen molar-refractivity contribution in [2.45, 2.75) is 19.9 Å². The Morgan fingerprint density at radius 3 is 2.53 bits per heavy atom. The van der Waals surface area contributed by atoms with Crippen LogP contribution >= 0.6 is 11.3 Å². The van der Waals surface area contributed by atoms with E-state index in [0.29, 0.717) is 15.8 Å². The molecule has 0 aliphatic heterocycles. The number of thiazole rings is 1. The minimum absolute atomic E-state index is 0.0785. The molecule has 0 aliphatic carbocycles. The molecule has 166 valence electrons. The van der Waals surface area contributed by atoms with Crippen LogP contribution in [0.25, 0.3) is 10.2 Å². The molecule has 10 nitrogen and oxygen atoms in total. The van der Waals surface area contributed by atoms with E-state index in [-0.39, 0.29) is 16.7 Å². The van der Waals surface area contributed by atoms with Crippen molar-refractivity contribution in [1.29, 1.82) is 0 Å². The second-order valence-electron chi connectivity index (χ2n) is 7.15. The van der Waals surface area contributed by atoms with Gasteiger partial charge in [0, 0.05) is 17.7 Å². The summed E-state index contributed by atoms with van der Waals surface area (Å²) < 4.78 is 5.62. The van der Waals surface area contributed by atoms with Gasteiger partial charge >= 0.3 is 5.97 Å². The maximum Gasteiger partial charge on any atom is 0.329 e. The summed E-state index contributed by atoms with van der Waals surface area (Å²) in [5.74, 6) is -2.05. The van der Waals surface area contributed by atoms with E-state index < -0.39 is 35.4 Å². The minimum atomic E-state index is -0.932. The highest BCUT2D eigenvalue weighted by molar-refractivity contribution is 7.22. The van der Waals surface area contributed by atoms with Crippen molar-refractivity contribution in [1.82, 2.24) is 10.3 Å². The number of fused-ring (bicyclic) bond motifs is 1. The van der Waals surface area contributed by atoms with Gasteiger partial charge in [0.25, 0.3) is 17.5 Å². The highest BCUT2D eigenvalue weighted by Gasteiger charge is 2.27. The summed E-state index contributed by atoms with van der Waals surface area (Å²) in [6, 6.07) is 11.7. The van der Waals surface area contributed by atoms with Crippen LogP contribution in [0.1, 0.15) is 24.2 Å². The fraction of sp³-hybridized carbons (Fsp3) is 0.238. The Balaban J connectivity index is 1.57. The minimum Gasteiger partial charge on any atom is -0.454 e. The van der Waals surface area contributed by atoms with Crippen LogP contribution in [0.15, 0.2) is 48.5 Å². The molecule has 2 N–H and O–H groups in total. The van der Waals surface area contributed by atoms with Crippen LogP contribution in [-0.4, -0.2) is 40.3 Å². The molecule has 1 heterocycles. The van der Waals surface area contributed by atoms with Crippen LogP contribution in [-0.2, 0) is 14.3 Å². The monoisotopic (exact) mass is 456 g/mol. The van der Waals surface area contributed by atoms with Gasteiger partial charge in [-0.3, -0.25) is 25.0 Å². The van der Waals surface area contributed by atoms with Crippen LogP contribution in [0.3, 0.4) is 0 Å². The molecule has 0 aliphatic rings. The fourth-order valence-electron chi connectivity index (χ4n) is 2.77. The number of esters is 1. The summed E-state index contributed by atoms with van der Waals surface area (Å²) in [7, 11) is 0. The van der Waals surface area contributed by atoms with E-state index in [1.807, 2.05) is 0 Å². The van der Waals surface area contributed by atoms with Gasteiger partial charge in [0.1, 0.15) is 6.04 Å². The van der Waals surface area contributed by atoms with Crippen molar-refractivity contribution in [2.24, 2.45) is 5.92 Å². The number of nitro benzene ring substituents is 1. The summed E-state index contributed by atoms with van der Waals surface area (Å²) in [6.07, 6.45) is 0. The Labute approximate surface area is 186 Å². The van der Waals surface area contributed by atoms with E-state index in [1.165, 1.54) is 18.2 Å². The summed E-state index contributed by atoms with van der Waals surface area (Å²) in [5.41, 5.74) is 0.821. The quantitative estimate of drug-likeness (QED) is 0.301. The van der Waals surface area contributed by atoms with E-state index >= 15 is 0 Å². The zero-order chi connectivity index (χ0) is 23.3. The van der Waals surface area contributed by atoms with Gasteiger partial charge in [-0.25, -0.2) is 9.78 Å². The van der Waals surface area contributed by atoms with E-state index in [9.17, 15) is 24.5 Å². The molecular weight excluding hydrogens is 436 g/mol. The molecule has 1 atom stereocenters. The van der Waals surface area contributed by atoms with Gasteiger partial charge < -0.3 is 10.1 Å². The number of nitrogens with one attached hydrogen (secondary N) is 2. The van der Waals surface area contributed by atoms with Gasteiger partial charge in [0.15, 0.2) is 11.7 Å². The van der Waals surface area contributed by atoms with Crippen molar-refractivity contribution in [3.63, 3.8) is 0 Å². The van der Waals surface area contributed by atoms with E-state index in [1.54, 1.807) is 44.2 Å². The number of amides is 2. The van der Waals surface area contributed by atoms with Crippen LogP contribution in [0.5, 0.6) is 0 Å². The topological polar surface area (TPSA) is 141 Å². The molecule has 0 fully saturated rings. The fourth-order valence-corrected chi connectivity index (χ4v) is 3.69. The number of hydrogen-bond donors (Lipinski definition) is 2. The molecular formula is C21H20N4O6S. The molecule has 3 aromatic rings. The second kappa shape index (κ2) is 9.96. The summed E-state index contributed by atoms with van der Waals surface area (Å²) in [5, 5.41) is 16.2. The molecule has 0 radical (unpaired) electrons. The molecule has 11 heteroatoms. The molecule has 2 amide bonds. The Morgan fingerprint density at radius 2 is 1.88 bits per heavy atom. The van der Waals surface area contributed by atoms with E-state index in [4.69, 9.17) is 4.74 Å². The number of anilines is 1. The number of hydrogen-bond acceptors (Lipinski definition) is 8. The van der Waals surface area contributed by atoms with Gasteiger partial charge in [0.2, 0.25) is 0 Å². The standard InChI is InChI=1S/C21H20N4O6S/c1-12(2)18(24-19(27)13-6-4-3-5-7-13)20(28)31-11-17(26)23-21-22-15-9-8-14(25(29)30)10-16(15)32-21/h3-10,12,18H,11H2,1-2H3,(H,24,27)(H,22,23,26)/t18-/m1/s1. The number of ether oxygens (including phenoxy) is 1. The average molecular weight is 456 g/mol. The Morgan fingerprint density at radius 1 is 1.16 bits per heavy atom. The maximum absolute atomic E-state index is 12.5. The molecule has 1 aromatic heterocycles. The predicted molar refractivity (Wildman–Crippen MR) is 118 cm³/mol. The van der Waals surface area contributed by atoms with Crippen molar-refractivity contribution in [3.05, 3.63) is 64.2 Å². The summed E-state index contributed by atoms with van der Waals surface area (Å²) in [4.78, 5) is 51.5. The molecule has 2 aromatic carbocycles. The molecule has 3 rings (SSSR count). The normalized spacial score (nSPS) is 11.7. The molecule has 0 saturated heterocycles. The third-order valence-electron chi connectivity index (χ3n) is 4.42. The van der Waals surface area contributed by atoms with Crippen molar-refractivity contribution >= 4 is 50.2 Å². The predicted octanol–water partition coefficient (Wildman–Crippen LogP) is 3.14. The number of carbonyl (C=O) groups excluding carboxylic acids is 3. The average Bonchev–Trinajstić information content (AvgIpc) is 3.17. The molecule has 0 unspecified atom stereocenters. The van der Waals surface area contributed by atoms with Crippen molar-refractivity contribution < 1.29 is 24.0 Å². The SMILES string of the molecule is CC(C)[C@@H](NC(=O)c1ccccc1)C(=O)OCC(=O)Nc1nc2ccc([N+](=O)[O-])cc2s1. The first kappa shape index (κ1) is 22.8. The smallest absolute Gasteiger partial charge is 0.329 e. The van der Waals surface area contributed by atoms with Gasteiger partial charge in [-0.05, 0) is 24.1 Å². The molecule has 0 bridgehead atoms. The number of benzene rings is 2.